The first-order chi connectivity index (χ1) is 20.6. The van der Waals surface area contributed by atoms with Crippen molar-refractivity contribution in [3.05, 3.63) is 122 Å². The van der Waals surface area contributed by atoms with Crippen LogP contribution in [0.1, 0.15) is 26.3 Å². The number of carbonyl (C=O) groups excluding carboxylic acids is 4. The Hall–Kier alpha value is -4.90. The fraction of sp³-hybridized carbons (Fsp3) is 0.188. The van der Waals surface area contributed by atoms with Gasteiger partial charge < -0.3 is 9.64 Å². The number of amides is 2. The maximum absolute atomic E-state index is 14.1. The first kappa shape index (κ1) is 28.2. The third-order valence-corrected chi connectivity index (χ3v) is 8.80. The van der Waals surface area contributed by atoms with E-state index in [1.807, 2.05) is 0 Å². The van der Waals surface area contributed by atoms with Gasteiger partial charge in [0, 0.05) is 35.0 Å². The van der Waals surface area contributed by atoms with Crippen LogP contribution in [-0.4, -0.2) is 52.4 Å². The lowest BCUT2D eigenvalue weighted by molar-refractivity contribution is -0.384. The third-order valence-electron chi connectivity index (χ3n) is 8.18. The lowest BCUT2D eigenvalue weighted by Gasteiger charge is -2.33. The van der Waals surface area contributed by atoms with E-state index in [0.717, 1.165) is 4.90 Å². The molecular formula is C32H24BrN3O7. The predicted molar refractivity (Wildman–Crippen MR) is 160 cm³/mol. The molecule has 11 heteroatoms. The molecule has 2 amide bonds. The van der Waals surface area contributed by atoms with Gasteiger partial charge in [0.05, 0.1) is 40.1 Å². The molecule has 10 nitrogen and oxygen atoms in total. The van der Waals surface area contributed by atoms with Crippen molar-refractivity contribution in [3.63, 3.8) is 0 Å². The minimum atomic E-state index is -1.06. The van der Waals surface area contributed by atoms with Crippen LogP contribution in [0.4, 0.5) is 11.4 Å². The summed E-state index contributed by atoms with van der Waals surface area (Å²) in [6.07, 6.45) is 4.87. The fourth-order valence-corrected chi connectivity index (χ4v) is 6.73. The largest absolute Gasteiger partial charge is 0.496 e. The van der Waals surface area contributed by atoms with Crippen LogP contribution in [0.15, 0.2) is 95.1 Å². The molecule has 216 valence electrons. The molecule has 3 aromatic rings. The van der Waals surface area contributed by atoms with Gasteiger partial charge in [0.1, 0.15) is 11.8 Å². The van der Waals surface area contributed by atoms with E-state index in [9.17, 15) is 29.3 Å². The number of ketones is 2. The van der Waals surface area contributed by atoms with Gasteiger partial charge in [-0.25, -0.2) is 4.90 Å². The van der Waals surface area contributed by atoms with Gasteiger partial charge in [-0.15, -0.1) is 0 Å². The monoisotopic (exact) mass is 641 g/mol. The Morgan fingerprint density at radius 1 is 0.953 bits per heavy atom. The van der Waals surface area contributed by atoms with E-state index >= 15 is 0 Å². The van der Waals surface area contributed by atoms with Crippen LogP contribution in [0.25, 0.3) is 0 Å². The zero-order chi connectivity index (χ0) is 30.6. The SMILES string of the molecule is COc1ccc(C(=O)[C@@H]2[C@@H]3C(=O)N(c4ccc([N+](=O)[O-])cc4C)C(=O)[C@H]3[C@H]3C=C(C(=O)c4ccccc4)C=CN32)cc1Br. The van der Waals surface area contributed by atoms with E-state index in [-0.39, 0.29) is 22.9 Å². The molecule has 0 radical (unpaired) electrons. The number of non-ortho nitro benzene ring substituents is 1. The summed E-state index contributed by atoms with van der Waals surface area (Å²) in [6, 6.07) is 15.6. The van der Waals surface area contributed by atoms with E-state index in [4.69, 9.17) is 4.74 Å². The molecule has 0 N–H and O–H groups in total. The van der Waals surface area contributed by atoms with Crippen LogP contribution in [-0.2, 0) is 9.59 Å². The third kappa shape index (κ3) is 4.56. The summed E-state index contributed by atoms with van der Waals surface area (Å²) in [5, 5.41) is 11.3. The van der Waals surface area contributed by atoms with Crippen LogP contribution in [0.3, 0.4) is 0 Å². The van der Waals surface area contributed by atoms with Crippen molar-refractivity contribution >= 4 is 50.7 Å². The number of imide groups is 1. The van der Waals surface area contributed by atoms with Gasteiger partial charge in [0.15, 0.2) is 11.6 Å². The van der Waals surface area contributed by atoms with E-state index in [1.165, 1.54) is 25.3 Å². The second-order valence-electron chi connectivity index (χ2n) is 10.5. The molecule has 0 saturated carbocycles. The number of fused-ring (bicyclic) bond motifs is 3. The van der Waals surface area contributed by atoms with Crippen LogP contribution < -0.4 is 9.64 Å². The zero-order valence-corrected chi connectivity index (χ0v) is 24.6. The minimum absolute atomic E-state index is 0.172. The number of carbonyl (C=O) groups is 4. The quantitative estimate of drug-likeness (QED) is 0.152. The standard InChI is InChI=1S/C32H24BrN3O7/c1-17-14-21(36(41)42)9-10-23(17)35-31(39)26-24-16-20(29(37)18-6-4-3-5-7-18)12-13-34(24)28(27(26)32(35)40)30(38)19-8-11-25(43-2)22(33)15-19/h3-16,24,26-28H,1-2H3/t24-,26+,27-,28+/m1/s1. The summed E-state index contributed by atoms with van der Waals surface area (Å²) < 4.78 is 5.84. The average Bonchev–Trinajstić information content (AvgIpc) is 3.48. The summed E-state index contributed by atoms with van der Waals surface area (Å²) in [5.74, 6) is -3.25. The number of anilines is 1. The number of nitrogens with zero attached hydrogens (tertiary/aromatic N) is 3. The lowest BCUT2D eigenvalue weighted by Crippen LogP contribution is -2.46. The number of aryl methyl sites for hydroxylation is 1. The van der Waals surface area contributed by atoms with Gasteiger partial charge >= 0.3 is 0 Å². The molecule has 2 saturated heterocycles. The molecule has 3 aliphatic rings. The highest BCUT2D eigenvalue weighted by atomic mass is 79.9. The first-order valence-corrected chi connectivity index (χ1v) is 14.2. The van der Waals surface area contributed by atoms with Crippen molar-refractivity contribution in [1.29, 1.82) is 0 Å². The number of ether oxygens (including phenoxy) is 1. The molecule has 0 bridgehead atoms. The molecule has 3 aromatic carbocycles. The normalized spacial score (nSPS) is 22.3. The highest BCUT2D eigenvalue weighted by molar-refractivity contribution is 9.10. The van der Waals surface area contributed by atoms with Crippen LogP contribution in [0.5, 0.6) is 5.75 Å². The Balaban J connectivity index is 1.44. The van der Waals surface area contributed by atoms with Crippen LogP contribution >= 0.6 is 15.9 Å². The summed E-state index contributed by atoms with van der Waals surface area (Å²) in [6.45, 7) is 1.58. The van der Waals surface area contributed by atoms with Gasteiger partial charge in [-0.1, -0.05) is 36.4 Å². The number of halogens is 1. The molecule has 4 atom stereocenters. The average molecular weight is 642 g/mol. The number of hydrogen-bond acceptors (Lipinski definition) is 8. The molecular weight excluding hydrogens is 618 g/mol. The summed E-state index contributed by atoms with van der Waals surface area (Å²) in [5.41, 5.74) is 1.54. The Kier molecular flexibility index (Phi) is 7.05. The number of rotatable bonds is 7. The van der Waals surface area contributed by atoms with E-state index < -0.39 is 40.7 Å². The van der Waals surface area contributed by atoms with Crippen molar-refractivity contribution in [1.82, 2.24) is 4.90 Å². The molecule has 2 fully saturated rings. The van der Waals surface area contributed by atoms with Crippen molar-refractivity contribution in [2.24, 2.45) is 11.8 Å². The van der Waals surface area contributed by atoms with Gasteiger partial charge in [0.2, 0.25) is 11.8 Å². The lowest BCUT2D eigenvalue weighted by atomic mass is 9.85. The number of hydrogen-bond donors (Lipinski definition) is 0. The van der Waals surface area contributed by atoms with Gasteiger partial charge in [0.25, 0.3) is 5.69 Å². The summed E-state index contributed by atoms with van der Waals surface area (Å²) in [7, 11) is 1.50. The smallest absolute Gasteiger partial charge is 0.269 e. The number of benzene rings is 3. The molecule has 0 unspecified atom stereocenters. The molecule has 0 spiro atoms. The van der Waals surface area contributed by atoms with Crippen LogP contribution in [0.2, 0.25) is 0 Å². The predicted octanol–water partition coefficient (Wildman–Crippen LogP) is 5.05. The number of nitro benzene ring substituents is 1. The second-order valence-corrected chi connectivity index (χ2v) is 11.4. The molecule has 0 aliphatic carbocycles. The molecule has 43 heavy (non-hydrogen) atoms. The van der Waals surface area contributed by atoms with E-state index in [2.05, 4.69) is 15.9 Å². The van der Waals surface area contributed by atoms with Crippen molar-refractivity contribution in [2.75, 3.05) is 12.0 Å². The number of nitro groups is 1. The van der Waals surface area contributed by atoms with Crippen molar-refractivity contribution < 1.29 is 28.8 Å². The van der Waals surface area contributed by atoms with Gasteiger partial charge in [-0.3, -0.25) is 29.3 Å². The Morgan fingerprint density at radius 3 is 2.33 bits per heavy atom. The number of methoxy groups -OCH3 is 1. The molecule has 3 aliphatic heterocycles. The van der Waals surface area contributed by atoms with Gasteiger partial charge in [-0.2, -0.15) is 0 Å². The maximum atomic E-state index is 14.1. The summed E-state index contributed by atoms with van der Waals surface area (Å²) in [4.78, 5) is 69.1. The fourth-order valence-electron chi connectivity index (χ4n) is 6.19. The zero-order valence-electron chi connectivity index (χ0n) is 23.0. The van der Waals surface area contributed by atoms with Crippen molar-refractivity contribution in [3.8, 4) is 5.75 Å². The maximum Gasteiger partial charge on any atom is 0.269 e. The number of Topliss-reactive ketones (excluding diaryl/α,β-unsaturated/α-hetero) is 2. The highest BCUT2D eigenvalue weighted by Crippen LogP contribution is 2.48. The van der Waals surface area contributed by atoms with Gasteiger partial charge in [-0.05, 0) is 58.8 Å². The minimum Gasteiger partial charge on any atom is -0.496 e. The Bertz CT molecular complexity index is 1780. The van der Waals surface area contributed by atoms with E-state index in [0.29, 0.717) is 32.5 Å². The molecule has 0 aromatic heterocycles. The van der Waals surface area contributed by atoms with Crippen LogP contribution in [0, 0.1) is 28.9 Å². The van der Waals surface area contributed by atoms with E-state index in [1.54, 1.807) is 78.7 Å². The summed E-state index contributed by atoms with van der Waals surface area (Å²) >= 11 is 3.41. The molecule has 3 heterocycles. The first-order valence-electron chi connectivity index (χ1n) is 13.4. The molecule has 6 rings (SSSR count). The topological polar surface area (TPSA) is 127 Å². The second kappa shape index (κ2) is 10.7. The highest BCUT2D eigenvalue weighted by Gasteiger charge is 2.63. The number of allylic oxidation sites excluding steroid dienone is 2. The Morgan fingerprint density at radius 2 is 1.67 bits per heavy atom. The Labute approximate surface area is 254 Å². The van der Waals surface area contributed by atoms with Crippen molar-refractivity contribution in [2.45, 2.75) is 19.0 Å².